The van der Waals surface area contributed by atoms with Crippen molar-refractivity contribution in [2.24, 2.45) is 0 Å². The monoisotopic (exact) mass is 473 g/mol. The van der Waals surface area contributed by atoms with Crippen LogP contribution in [0.2, 0.25) is 0 Å². The molecule has 0 saturated carbocycles. The standard InChI is InChI=1S/C27H32FN7/c1-17-15-18(2)30-26(29-17)34-13-11-33(12-14-34)23-16-22(27(4,5)6)31-25-24(19(3)32-35(23)25)20-7-9-21(28)10-8-20/h7-10,15-16H,11-14H2,1-6H3. The van der Waals surface area contributed by atoms with Gasteiger partial charge in [-0.25, -0.2) is 19.3 Å². The number of anilines is 2. The number of benzene rings is 1. The molecule has 1 aliphatic heterocycles. The molecule has 7 nitrogen and oxygen atoms in total. The molecular weight excluding hydrogens is 441 g/mol. The zero-order valence-corrected chi connectivity index (χ0v) is 21.3. The van der Waals surface area contributed by atoms with E-state index < -0.39 is 0 Å². The normalized spacial score (nSPS) is 14.7. The van der Waals surface area contributed by atoms with Gasteiger partial charge in [-0.05, 0) is 44.5 Å². The molecule has 0 radical (unpaired) electrons. The number of hydrogen-bond acceptors (Lipinski definition) is 6. The van der Waals surface area contributed by atoms with E-state index in [-0.39, 0.29) is 11.2 Å². The van der Waals surface area contributed by atoms with Crippen molar-refractivity contribution >= 4 is 17.4 Å². The Morgan fingerprint density at radius 1 is 0.800 bits per heavy atom. The molecule has 0 N–H and O–H groups in total. The fourth-order valence-electron chi connectivity index (χ4n) is 4.66. The van der Waals surface area contributed by atoms with E-state index in [4.69, 9.17) is 10.1 Å². The van der Waals surface area contributed by atoms with Gasteiger partial charge in [0.05, 0.1) is 11.4 Å². The summed E-state index contributed by atoms with van der Waals surface area (Å²) in [6, 6.07) is 10.7. The Labute approximate surface area is 205 Å². The lowest BCUT2D eigenvalue weighted by Crippen LogP contribution is -2.48. The molecule has 4 heterocycles. The number of hydrogen-bond donors (Lipinski definition) is 0. The summed E-state index contributed by atoms with van der Waals surface area (Å²) in [7, 11) is 0. The maximum atomic E-state index is 13.6. The van der Waals surface area contributed by atoms with Crippen molar-refractivity contribution in [3.8, 4) is 11.1 Å². The van der Waals surface area contributed by atoms with Gasteiger partial charge in [0.15, 0.2) is 5.65 Å². The van der Waals surface area contributed by atoms with E-state index >= 15 is 0 Å². The highest BCUT2D eigenvalue weighted by Gasteiger charge is 2.27. The first-order valence-electron chi connectivity index (χ1n) is 12.1. The van der Waals surface area contributed by atoms with Crippen molar-refractivity contribution in [3.05, 3.63) is 65.0 Å². The number of halogens is 1. The molecule has 0 aliphatic carbocycles. The molecular formula is C27H32FN7. The summed E-state index contributed by atoms with van der Waals surface area (Å²) in [5, 5.41) is 4.89. The Bertz CT molecular complexity index is 1360. The summed E-state index contributed by atoms with van der Waals surface area (Å²) >= 11 is 0. The summed E-state index contributed by atoms with van der Waals surface area (Å²) < 4.78 is 15.6. The van der Waals surface area contributed by atoms with E-state index in [1.54, 1.807) is 12.1 Å². The van der Waals surface area contributed by atoms with Crippen LogP contribution in [0, 0.1) is 26.6 Å². The molecule has 4 aromatic rings. The van der Waals surface area contributed by atoms with E-state index in [0.29, 0.717) is 0 Å². The van der Waals surface area contributed by atoms with Crippen LogP contribution in [0.25, 0.3) is 16.8 Å². The molecule has 0 atom stereocenters. The van der Waals surface area contributed by atoms with Crippen molar-refractivity contribution < 1.29 is 4.39 Å². The molecule has 8 heteroatoms. The van der Waals surface area contributed by atoms with Gasteiger partial charge < -0.3 is 9.80 Å². The molecule has 3 aromatic heterocycles. The Hall–Kier alpha value is -3.55. The van der Waals surface area contributed by atoms with Crippen LogP contribution in [0.1, 0.15) is 43.5 Å². The van der Waals surface area contributed by atoms with E-state index in [2.05, 4.69) is 46.6 Å². The van der Waals surface area contributed by atoms with E-state index in [0.717, 1.165) is 77.5 Å². The highest BCUT2D eigenvalue weighted by Crippen LogP contribution is 2.33. The number of rotatable bonds is 3. The highest BCUT2D eigenvalue weighted by atomic mass is 19.1. The maximum absolute atomic E-state index is 13.6. The summed E-state index contributed by atoms with van der Waals surface area (Å²) in [6.07, 6.45) is 0. The second kappa shape index (κ2) is 8.59. The van der Waals surface area contributed by atoms with Gasteiger partial charge in [0.25, 0.3) is 0 Å². The predicted octanol–water partition coefficient (Wildman–Crippen LogP) is 4.87. The number of aromatic nitrogens is 5. The number of piperazine rings is 1. The average molecular weight is 474 g/mol. The number of nitrogens with zero attached hydrogens (tertiary/aromatic N) is 7. The van der Waals surface area contributed by atoms with Crippen LogP contribution in [0.5, 0.6) is 0 Å². The third-order valence-electron chi connectivity index (χ3n) is 6.50. The minimum Gasteiger partial charge on any atom is -0.353 e. The molecule has 35 heavy (non-hydrogen) atoms. The van der Waals surface area contributed by atoms with Crippen LogP contribution in [0.4, 0.5) is 16.2 Å². The lowest BCUT2D eigenvalue weighted by atomic mass is 9.91. The van der Waals surface area contributed by atoms with Gasteiger partial charge in [-0.2, -0.15) is 9.61 Å². The lowest BCUT2D eigenvalue weighted by Gasteiger charge is -2.36. The van der Waals surface area contributed by atoms with Gasteiger partial charge in [0, 0.05) is 54.6 Å². The Kier molecular flexibility index (Phi) is 5.69. The third kappa shape index (κ3) is 4.45. The van der Waals surface area contributed by atoms with E-state index in [1.165, 1.54) is 12.1 Å². The molecule has 0 bridgehead atoms. The fraction of sp³-hybridized carbons (Fsp3) is 0.407. The maximum Gasteiger partial charge on any atom is 0.225 e. The average Bonchev–Trinajstić information content (AvgIpc) is 3.14. The van der Waals surface area contributed by atoms with Crippen LogP contribution in [0.15, 0.2) is 36.4 Å². The van der Waals surface area contributed by atoms with Crippen molar-refractivity contribution in [3.63, 3.8) is 0 Å². The number of aryl methyl sites for hydroxylation is 3. The largest absolute Gasteiger partial charge is 0.353 e. The lowest BCUT2D eigenvalue weighted by molar-refractivity contribution is 0.564. The van der Waals surface area contributed by atoms with Crippen LogP contribution < -0.4 is 9.80 Å². The topological polar surface area (TPSA) is 62.5 Å². The Morgan fingerprint density at radius 2 is 1.40 bits per heavy atom. The predicted molar refractivity (Wildman–Crippen MR) is 138 cm³/mol. The van der Waals surface area contributed by atoms with Gasteiger partial charge in [0.2, 0.25) is 5.95 Å². The van der Waals surface area contributed by atoms with Crippen molar-refractivity contribution in [1.82, 2.24) is 24.6 Å². The summed E-state index contributed by atoms with van der Waals surface area (Å²) in [5.41, 5.74) is 6.38. The fourth-order valence-corrected chi connectivity index (χ4v) is 4.66. The van der Waals surface area contributed by atoms with Crippen LogP contribution in [-0.2, 0) is 5.41 Å². The molecule has 5 rings (SSSR count). The van der Waals surface area contributed by atoms with Crippen molar-refractivity contribution in [1.29, 1.82) is 0 Å². The molecule has 1 aliphatic rings. The summed E-state index contributed by atoms with van der Waals surface area (Å²) in [4.78, 5) is 19.0. The second-order valence-corrected chi connectivity index (χ2v) is 10.4. The van der Waals surface area contributed by atoms with Gasteiger partial charge >= 0.3 is 0 Å². The summed E-state index contributed by atoms with van der Waals surface area (Å²) in [6.45, 7) is 15.8. The van der Waals surface area contributed by atoms with Gasteiger partial charge in [0.1, 0.15) is 11.6 Å². The zero-order chi connectivity index (χ0) is 24.9. The highest BCUT2D eigenvalue weighted by molar-refractivity contribution is 5.81. The first-order valence-corrected chi connectivity index (χ1v) is 12.1. The molecule has 1 fully saturated rings. The SMILES string of the molecule is Cc1cc(C)nc(N2CCN(c3cc(C(C)(C)C)nc4c(-c5ccc(F)cc5)c(C)nn34)CC2)n1. The van der Waals surface area contributed by atoms with E-state index in [1.807, 2.05) is 31.4 Å². The minimum atomic E-state index is -0.252. The van der Waals surface area contributed by atoms with Crippen LogP contribution in [0.3, 0.4) is 0 Å². The molecule has 182 valence electrons. The third-order valence-corrected chi connectivity index (χ3v) is 6.50. The van der Waals surface area contributed by atoms with Crippen molar-refractivity contribution in [2.75, 3.05) is 36.0 Å². The van der Waals surface area contributed by atoms with Crippen LogP contribution in [-0.4, -0.2) is 50.7 Å². The van der Waals surface area contributed by atoms with Crippen molar-refractivity contribution in [2.45, 2.75) is 47.0 Å². The number of fused-ring (bicyclic) bond motifs is 1. The molecule has 0 spiro atoms. The van der Waals surface area contributed by atoms with E-state index in [9.17, 15) is 4.39 Å². The Balaban J connectivity index is 1.55. The Morgan fingerprint density at radius 3 is 2.00 bits per heavy atom. The second-order valence-electron chi connectivity index (χ2n) is 10.4. The molecule has 0 amide bonds. The quantitative estimate of drug-likeness (QED) is 0.423. The van der Waals surface area contributed by atoms with Gasteiger partial charge in [-0.1, -0.05) is 32.9 Å². The van der Waals surface area contributed by atoms with Gasteiger partial charge in [-0.3, -0.25) is 0 Å². The molecule has 1 aromatic carbocycles. The first kappa shape index (κ1) is 23.2. The van der Waals surface area contributed by atoms with Crippen LogP contribution >= 0.6 is 0 Å². The molecule has 1 saturated heterocycles. The summed E-state index contributed by atoms with van der Waals surface area (Å²) in [5.74, 6) is 1.57. The first-order chi connectivity index (χ1) is 16.6. The zero-order valence-electron chi connectivity index (χ0n) is 21.3. The van der Waals surface area contributed by atoms with Gasteiger partial charge in [-0.15, -0.1) is 0 Å². The smallest absolute Gasteiger partial charge is 0.225 e. The molecule has 0 unspecified atom stereocenters. The minimum absolute atomic E-state index is 0.135.